The van der Waals surface area contributed by atoms with Gasteiger partial charge in [-0.2, -0.15) is 0 Å². The number of rotatable bonds is 7. The van der Waals surface area contributed by atoms with Crippen molar-refractivity contribution in [2.24, 2.45) is 23.0 Å². The van der Waals surface area contributed by atoms with Crippen molar-refractivity contribution in [2.75, 3.05) is 20.1 Å². The normalized spacial score (nSPS) is 14.0. The molecule has 0 radical (unpaired) electrons. The monoisotopic (exact) mass is 256 g/mol. The summed E-state index contributed by atoms with van der Waals surface area (Å²) in [5, 5.41) is 0. The summed E-state index contributed by atoms with van der Waals surface area (Å²) in [5.74, 6) is 1.38. The lowest BCUT2D eigenvalue weighted by Crippen LogP contribution is -2.55. The molecule has 0 aliphatic heterocycles. The average molecular weight is 256 g/mol. The second kappa shape index (κ2) is 6.91. The maximum absolute atomic E-state index is 6.18. The van der Waals surface area contributed by atoms with Crippen LogP contribution in [0.3, 0.4) is 0 Å². The zero-order valence-corrected chi connectivity index (χ0v) is 14.0. The molecule has 0 saturated heterocycles. The predicted octanol–water partition coefficient (Wildman–Crippen LogP) is 3.75. The van der Waals surface area contributed by atoms with Gasteiger partial charge in [0.2, 0.25) is 0 Å². The van der Waals surface area contributed by atoms with Gasteiger partial charge in [-0.15, -0.1) is 0 Å². The van der Waals surface area contributed by atoms with Crippen molar-refractivity contribution in [2.45, 2.75) is 66.8 Å². The second-order valence-electron chi connectivity index (χ2n) is 8.04. The summed E-state index contributed by atoms with van der Waals surface area (Å²) in [5.41, 5.74) is 6.67. The maximum Gasteiger partial charge on any atom is 0.0333 e. The van der Waals surface area contributed by atoms with Gasteiger partial charge in [0.25, 0.3) is 0 Å². The standard InChI is InChI=1S/C16H36N2/c1-13(2)9-16(11-17,10-14(3)4)18(8)12-15(5,6)7/h13-14H,9-12,17H2,1-8H3. The second-order valence-corrected chi connectivity index (χ2v) is 8.04. The first-order valence-corrected chi connectivity index (χ1v) is 7.44. The van der Waals surface area contributed by atoms with Crippen LogP contribution in [-0.4, -0.2) is 30.6 Å². The molecule has 110 valence electrons. The van der Waals surface area contributed by atoms with Crippen LogP contribution in [0, 0.1) is 17.3 Å². The lowest BCUT2D eigenvalue weighted by molar-refractivity contribution is 0.0498. The number of nitrogens with zero attached hydrogens (tertiary/aromatic N) is 1. The van der Waals surface area contributed by atoms with Crippen molar-refractivity contribution >= 4 is 0 Å². The Morgan fingerprint density at radius 1 is 0.944 bits per heavy atom. The zero-order valence-electron chi connectivity index (χ0n) is 14.0. The smallest absolute Gasteiger partial charge is 0.0333 e. The van der Waals surface area contributed by atoms with E-state index in [2.05, 4.69) is 60.4 Å². The average Bonchev–Trinajstić information content (AvgIpc) is 2.12. The van der Waals surface area contributed by atoms with Crippen LogP contribution < -0.4 is 5.73 Å². The number of hydrogen-bond donors (Lipinski definition) is 1. The van der Waals surface area contributed by atoms with Crippen molar-refractivity contribution in [1.29, 1.82) is 0 Å². The van der Waals surface area contributed by atoms with Crippen LogP contribution in [0.1, 0.15) is 61.3 Å². The topological polar surface area (TPSA) is 29.3 Å². The van der Waals surface area contributed by atoms with E-state index < -0.39 is 0 Å². The molecule has 0 atom stereocenters. The number of hydrogen-bond acceptors (Lipinski definition) is 2. The van der Waals surface area contributed by atoms with Crippen LogP contribution in [0.2, 0.25) is 0 Å². The third-order valence-corrected chi connectivity index (χ3v) is 3.48. The van der Waals surface area contributed by atoms with E-state index in [1.165, 1.54) is 12.8 Å². The fourth-order valence-electron chi connectivity index (χ4n) is 3.12. The molecule has 0 aliphatic carbocycles. The molecule has 0 rings (SSSR count). The van der Waals surface area contributed by atoms with Crippen LogP contribution >= 0.6 is 0 Å². The van der Waals surface area contributed by atoms with E-state index >= 15 is 0 Å². The van der Waals surface area contributed by atoms with E-state index in [1.807, 2.05) is 0 Å². The highest BCUT2D eigenvalue weighted by atomic mass is 15.2. The van der Waals surface area contributed by atoms with Gasteiger partial charge in [-0.25, -0.2) is 0 Å². The van der Waals surface area contributed by atoms with Crippen molar-refractivity contribution < 1.29 is 0 Å². The van der Waals surface area contributed by atoms with Gasteiger partial charge in [-0.1, -0.05) is 48.5 Å². The largest absolute Gasteiger partial charge is 0.329 e. The van der Waals surface area contributed by atoms with Gasteiger partial charge in [0, 0.05) is 18.6 Å². The summed E-state index contributed by atoms with van der Waals surface area (Å²) in [6, 6.07) is 0. The van der Waals surface area contributed by atoms with E-state index in [0.29, 0.717) is 17.3 Å². The van der Waals surface area contributed by atoms with E-state index in [4.69, 9.17) is 5.73 Å². The Labute approximate surface area is 115 Å². The van der Waals surface area contributed by atoms with Gasteiger partial charge in [0.1, 0.15) is 0 Å². The third-order valence-electron chi connectivity index (χ3n) is 3.48. The Balaban J connectivity index is 5.02. The van der Waals surface area contributed by atoms with Crippen molar-refractivity contribution in [1.82, 2.24) is 4.90 Å². The van der Waals surface area contributed by atoms with Crippen LogP contribution in [-0.2, 0) is 0 Å². The fraction of sp³-hybridized carbons (Fsp3) is 1.00. The molecule has 18 heavy (non-hydrogen) atoms. The van der Waals surface area contributed by atoms with Crippen LogP contribution in [0.15, 0.2) is 0 Å². The lowest BCUT2D eigenvalue weighted by atomic mass is 9.79. The van der Waals surface area contributed by atoms with Crippen LogP contribution in [0.25, 0.3) is 0 Å². The highest BCUT2D eigenvalue weighted by Crippen LogP contribution is 2.31. The van der Waals surface area contributed by atoms with Gasteiger partial charge in [-0.3, -0.25) is 4.90 Å². The minimum atomic E-state index is 0.162. The lowest BCUT2D eigenvalue weighted by Gasteiger charge is -2.46. The van der Waals surface area contributed by atoms with E-state index in [9.17, 15) is 0 Å². The Morgan fingerprint density at radius 2 is 1.33 bits per heavy atom. The number of nitrogens with two attached hydrogens (primary N) is 1. The quantitative estimate of drug-likeness (QED) is 0.751. The highest BCUT2D eigenvalue weighted by molar-refractivity contribution is 4.93. The summed E-state index contributed by atoms with van der Waals surface area (Å²) in [6.45, 7) is 18.0. The minimum Gasteiger partial charge on any atom is -0.329 e. The van der Waals surface area contributed by atoms with E-state index in [-0.39, 0.29) is 5.54 Å². The zero-order chi connectivity index (χ0) is 14.6. The molecule has 0 aromatic heterocycles. The molecule has 2 nitrogen and oxygen atoms in total. The van der Waals surface area contributed by atoms with E-state index in [0.717, 1.165) is 13.1 Å². The molecule has 0 aromatic rings. The van der Waals surface area contributed by atoms with E-state index in [1.54, 1.807) is 0 Å². The molecule has 2 N–H and O–H groups in total. The van der Waals surface area contributed by atoms with Crippen LogP contribution in [0.5, 0.6) is 0 Å². The van der Waals surface area contributed by atoms with Crippen molar-refractivity contribution in [3.05, 3.63) is 0 Å². The first kappa shape index (κ1) is 17.9. The Bertz CT molecular complexity index is 216. The predicted molar refractivity (Wildman–Crippen MR) is 82.8 cm³/mol. The molecule has 0 saturated carbocycles. The Kier molecular flexibility index (Phi) is 6.87. The Morgan fingerprint density at radius 3 is 1.56 bits per heavy atom. The summed E-state index contributed by atoms with van der Waals surface area (Å²) < 4.78 is 0. The first-order valence-electron chi connectivity index (χ1n) is 7.44. The molecular formula is C16H36N2. The molecule has 0 bridgehead atoms. The summed E-state index contributed by atoms with van der Waals surface area (Å²) in [4.78, 5) is 2.52. The van der Waals surface area contributed by atoms with Crippen LogP contribution in [0.4, 0.5) is 0 Å². The molecule has 2 heteroatoms. The first-order chi connectivity index (χ1) is 8.02. The third kappa shape index (κ3) is 6.19. The summed E-state index contributed by atoms with van der Waals surface area (Å²) >= 11 is 0. The SMILES string of the molecule is CC(C)CC(CN)(CC(C)C)N(C)CC(C)(C)C. The fourth-order valence-corrected chi connectivity index (χ4v) is 3.12. The highest BCUT2D eigenvalue weighted by Gasteiger charge is 2.36. The van der Waals surface area contributed by atoms with Crippen molar-refractivity contribution in [3.8, 4) is 0 Å². The molecular weight excluding hydrogens is 220 g/mol. The van der Waals surface area contributed by atoms with Gasteiger partial charge >= 0.3 is 0 Å². The van der Waals surface area contributed by atoms with Gasteiger partial charge in [-0.05, 0) is 37.1 Å². The Hall–Kier alpha value is -0.0800. The minimum absolute atomic E-state index is 0.162. The molecule has 0 unspecified atom stereocenters. The maximum atomic E-state index is 6.18. The molecule has 0 amide bonds. The molecule has 0 heterocycles. The molecule has 0 aliphatic rings. The molecule has 0 spiro atoms. The summed E-state index contributed by atoms with van der Waals surface area (Å²) in [7, 11) is 2.25. The van der Waals surface area contributed by atoms with Crippen molar-refractivity contribution in [3.63, 3.8) is 0 Å². The molecule has 0 fully saturated rings. The number of likely N-dealkylation sites (N-methyl/N-ethyl adjacent to an activating group) is 1. The summed E-state index contributed by atoms with van der Waals surface area (Å²) in [6.07, 6.45) is 2.38. The van der Waals surface area contributed by atoms with Gasteiger partial charge in [0.05, 0.1) is 0 Å². The molecule has 0 aromatic carbocycles. The van der Waals surface area contributed by atoms with Gasteiger partial charge in [0.15, 0.2) is 0 Å². The van der Waals surface area contributed by atoms with Gasteiger partial charge < -0.3 is 5.73 Å².